The normalized spacial score (nSPS) is 26.8. The molecule has 0 radical (unpaired) electrons. The van der Waals surface area contributed by atoms with Crippen LogP contribution >= 0.6 is 0 Å². The summed E-state index contributed by atoms with van der Waals surface area (Å²) in [5, 5.41) is 3.23. The maximum Gasteiger partial charge on any atom is 0.251 e. The Labute approximate surface area is 154 Å². The third kappa shape index (κ3) is 3.04. The van der Waals surface area contributed by atoms with Crippen LogP contribution in [0.4, 0.5) is 0 Å². The van der Waals surface area contributed by atoms with Gasteiger partial charge in [-0.3, -0.25) is 4.79 Å². The lowest BCUT2D eigenvalue weighted by Gasteiger charge is -2.47. The van der Waals surface area contributed by atoms with Gasteiger partial charge in [-0.05, 0) is 42.2 Å². The SMILES string of the molecule is COC[C@@H]1[C@@H](NC(=O)c2cccc(-c3ccccc3C)c2)[C@@H]2CCO[C@H]12. The summed E-state index contributed by atoms with van der Waals surface area (Å²) in [6.45, 7) is 3.49. The van der Waals surface area contributed by atoms with Crippen molar-refractivity contribution in [3.05, 3.63) is 59.7 Å². The number of amides is 1. The number of carbonyl (C=O) groups is 1. The Morgan fingerprint density at radius 2 is 2.08 bits per heavy atom. The molecular formula is C22H25NO3. The van der Waals surface area contributed by atoms with Crippen molar-refractivity contribution >= 4 is 5.91 Å². The van der Waals surface area contributed by atoms with Crippen molar-refractivity contribution in [2.45, 2.75) is 25.5 Å². The number of hydrogen-bond donors (Lipinski definition) is 1. The van der Waals surface area contributed by atoms with E-state index in [1.165, 1.54) is 5.56 Å². The molecule has 1 aliphatic heterocycles. The van der Waals surface area contributed by atoms with E-state index in [2.05, 4.69) is 30.4 Å². The van der Waals surface area contributed by atoms with Crippen molar-refractivity contribution in [2.24, 2.45) is 11.8 Å². The minimum atomic E-state index is -0.0168. The highest BCUT2D eigenvalue weighted by Gasteiger charge is 2.54. The molecule has 1 saturated carbocycles. The van der Waals surface area contributed by atoms with Gasteiger partial charge in [-0.15, -0.1) is 0 Å². The van der Waals surface area contributed by atoms with Gasteiger partial charge in [0.2, 0.25) is 0 Å². The second-order valence-corrected chi connectivity index (χ2v) is 7.30. The Morgan fingerprint density at radius 1 is 1.23 bits per heavy atom. The lowest BCUT2D eigenvalue weighted by Crippen LogP contribution is -2.62. The van der Waals surface area contributed by atoms with E-state index in [0.717, 1.165) is 24.2 Å². The fraction of sp³-hybridized carbons (Fsp3) is 0.409. The molecule has 4 atom stereocenters. The van der Waals surface area contributed by atoms with E-state index in [1.807, 2.05) is 30.3 Å². The summed E-state index contributed by atoms with van der Waals surface area (Å²) in [6, 6.07) is 16.2. The van der Waals surface area contributed by atoms with Crippen LogP contribution in [0.1, 0.15) is 22.3 Å². The van der Waals surface area contributed by atoms with Crippen LogP contribution in [-0.2, 0) is 9.47 Å². The van der Waals surface area contributed by atoms with Gasteiger partial charge in [-0.25, -0.2) is 0 Å². The van der Waals surface area contributed by atoms with Crippen molar-refractivity contribution in [1.29, 1.82) is 0 Å². The molecule has 4 heteroatoms. The molecule has 1 heterocycles. The van der Waals surface area contributed by atoms with Crippen LogP contribution < -0.4 is 5.32 Å². The highest BCUT2D eigenvalue weighted by Crippen LogP contribution is 2.43. The molecule has 2 aliphatic rings. The number of benzene rings is 2. The van der Waals surface area contributed by atoms with E-state index in [1.54, 1.807) is 7.11 Å². The molecule has 4 nitrogen and oxygen atoms in total. The molecule has 1 aliphatic carbocycles. The fourth-order valence-corrected chi connectivity index (χ4v) is 4.39. The predicted molar refractivity (Wildman–Crippen MR) is 101 cm³/mol. The lowest BCUT2D eigenvalue weighted by molar-refractivity contribution is -0.0809. The Balaban J connectivity index is 1.52. The molecule has 136 valence electrons. The fourth-order valence-electron chi connectivity index (χ4n) is 4.39. The third-order valence-corrected chi connectivity index (χ3v) is 5.77. The number of nitrogens with one attached hydrogen (secondary N) is 1. The first-order chi connectivity index (χ1) is 12.7. The molecule has 26 heavy (non-hydrogen) atoms. The standard InChI is InChI=1S/C22H25NO3/c1-14-6-3-4-9-17(14)15-7-5-8-16(12-15)22(24)23-20-18-10-11-26-21(18)19(20)13-25-2/h3-9,12,18-21H,10-11,13H2,1-2H3,(H,23,24)/t18-,19+,20-,21-/m0/s1. The van der Waals surface area contributed by atoms with Crippen LogP contribution in [-0.4, -0.2) is 38.4 Å². The van der Waals surface area contributed by atoms with E-state index in [4.69, 9.17) is 9.47 Å². The second kappa shape index (κ2) is 7.22. The average Bonchev–Trinajstić information content (AvgIpc) is 3.09. The molecule has 2 aromatic carbocycles. The minimum absolute atomic E-state index is 0.0168. The summed E-state index contributed by atoms with van der Waals surface area (Å²) < 4.78 is 11.1. The Bertz CT molecular complexity index is 803. The Hall–Kier alpha value is -2.17. The molecule has 0 bridgehead atoms. The molecule has 4 rings (SSSR count). The molecule has 0 aromatic heterocycles. The Morgan fingerprint density at radius 3 is 2.88 bits per heavy atom. The first-order valence-electron chi connectivity index (χ1n) is 9.26. The van der Waals surface area contributed by atoms with Gasteiger partial charge in [0.15, 0.2) is 0 Å². The first-order valence-corrected chi connectivity index (χ1v) is 9.26. The molecule has 0 spiro atoms. The first kappa shape index (κ1) is 17.3. The Kier molecular flexibility index (Phi) is 4.79. The van der Waals surface area contributed by atoms with Gasteiger partial charge in [0.25, 0.3) is 5.91 Å². The van der Waals surface area contributed by atoms with Crippen molar-refractivity contribution in [3.63, 3.8) is 0 Å². The quantitative estimate of drug-likeness (QED) is 0.898. The largest absolute Gasteiger partial charge is 0.384 e. The number of methoxy groups -OCH3 is 1. The molecule has 1 saturated heterocycles. The summed E-state index contributed by atoms with van der Waals surface area (Å²) in [5.41, 5.74) is 4.13. The zero-order valence-electron chi connectivity index (χ0n) is 15.3. The second-order valence-electron chi connectivity index (χ2n) is 7.30. The lowest BCUT2D eigenvalue weighted by atomic mass is 9.67. The molecule has 2 aromatic rings. The van der Waals surface area contributed by atoms with E-state index in [-0.39, 0.29) is 24.0 Å². The van der Waals surface area contributed by atoms with Crippen LogP contribution in [0, 0.1) is 18.8 Å². The van der Waals surface area contributed by atoms with Crippen LogP contribution in [0.15, 0.2) is 48.5 Å². The van der Waals surface area contributed by atoms with Crippen LogP contribution in [0.3, 0.4) is 0 Å². The van der Waals surface area contributed by atoms with Crippen LogP contribution in [0.25, 0.3) is 11.1 Å². The van der Waals surface area contributed by atoms with E-state index in [9.17, 15) is 4.79 Å². The highest BCUT2D eigenvalue weighted by atomic mass is 16.5. The van der Waals surface area contributed by atoms with Gasteiger partial charge in [0, 0.05) is 37.2 Å². The summed E-state index contributed by atoms with van der Waals surface area (Å²) in [5.74, 6) is 0.645. The number of aryl methyl sites for hydroxylation is 1. The van der Waals surface area contributed by atoms with Gasteiger partial charge in [-0.2, -0.15) is 0 Å². The maximum atomic E-state index is 12.9. The highest BCUT2D eigenvalue weighted by molar-refractivity contribution is 5.95. The number of hydrogen-bond acceptors (Lipinski definition) is 3. The van der Waals surface area contributed by atoms with E-state index < -0.39 is 0 Å². The summed E-state index contributed by atoms with van der Waals surface area (Å²) in [7, 11) is 1.70. The van der Waals surface area contributed by atoms with Gasteiger partial charge in [-0.1, -0.05) is 36.4 Å². The number of ether oxygens (including phenoxy) is 2. The van der Waals surface area contributed by atoms with Gasteiger partial charge >= 0.3 is 0 Å². The van der Waals surface area contributed by atoms with E-state index >= 15 is 0 Å². The third-order valence-electron chi connectivity index (χ3n) is 5.77. The zero-order valence-corrected chi connectivity index (χ0v) is 15.3. The van der Waals surface area contributed by atoms with Crippen LogP contribution in [0.5, 0.6) is 0 Å². The minimum Gasteiger partial charge on any atom is -0.384 e. The molecule has 1 amide bonds. The van der Waals surface area contributed by atoms with E-state index in [0.29, 0.717) is 18.1 Å². The topological polar surface area (TPSA) is 47.6 Å². The molecule has 2 fully saturated rings. The number of carbonyl (C=O) groups excluding carboxylic acids is 1. The van der Waals surface area contributed by atoms with Gasteiger partial charge < -0.3 is 14.8 Å². The monoisotopic (exact) mass is 351 g/mol. The molecular weight excluding hydrogens is 326 g/mol. The van der Waals surface area contributed by atoms with Crippen molar-refractivity contribution < 1.29 is 14.3 Å². The van der Waals surface area contributed by atoms with Crippen molar-refractivity contribution in [1.82, 2.24) is 5.32 Å². The van der Waals surface area contributed by atoms with Crippen LogP contribution in [0.2, 0.25) is 0 Å². The maximum absolute atomic E-state index is 12.9. The summed E-state index contributed by atoms with van der Waals surface area (Å²) >= 11 is 0. The summed E-state index contributed by atoms with van der Waals surface area (Å²) in [4.78, 5) is 12.9. The number of fused-ring (bicyclic) bond motifs is 1. The smallest absolute Gasteiger partial charge is 0.251 e. The predicted octanol–water partition coefficient (Wildman–Crippen LogP) is 3.44. The zero-order chi connectivity index (χ0) is 18.1. The van der Waals surface area contributed by atoms with Gasteiger partial charge in [0.05, 0.1) is 12.7 Å². The molecule has 1 N–H and O–H groups in total. The van der Waals surface area contributed by atoms with Crippen molar-refractivity contribution in [3.8, 4) is 11.1 Å². The van der Waals surface area contributed by atoms with Crippen molar-refractivity contribution in [2.75, 3.05) is 20.3 Å². The summed E-state index contributed by atoms with van der Waals surface area (Å²) in [6.07, 6.45) is 1.25. The van der Waals surface area contributed by atoms with Gasteiger partial charge in [0.1, 0.15) is 0 Å². The molecule has 0 unspecified atom stereocenters. The average molecular weight is 351 g/mol. The number of rotatable bonds is 5.